The fraction of sp³-hybridized carbons (Fsp3) is 0.500. The van der Waals surface area contributed by atoms with Crippen molar-refractivity contribution in [1.29, 1.82) is 0 Å². The number of rotatable bonds is 2. The van der Waals surface area contributed by atoms with E-state index in [2.05, 4.69) is 27.8 Å². The summed E-state index contributed by atoms with van der Waals surface area (Å²) in [5, 5.41) is 0. The fourth-order valence-electron chi connectivity index (χ4n) is 0.617. The molecule has 0 radical (unpaired) electrons. The van der Waals surface area contributed by atoms with E-state index in [-0.39, 0.29) is 0 Å². The average molecular weight is 190 g/mol. The minimum Gasteiger partial charge on any atom is -0.434 e. The monoisotopic (exact) mass is 189 g/mol. The van der Waals surface area contributed by atoms with Gasteiger partial charge < -0.3 is 4.42 Å². The number of aromatic nitrogens is 1. The van der Waals surface area contributed by atoms with Crippen LogP contribution in [0.3, 0.4) is 0 Å². The van der Waals surface area contributed by atoms with Crippen LogP contribution in [0.15, 0.2) is 15.3 Å². The molecule has 0 aliphatic carbocycles. The highest BCUT2D eigenvalue weighted by molar-refractivity contribution is 9.10. The molecule has 0 amide bonds. The molecule has 1 aromatic heterocycles. The van der Waals surface area contributed by atoms with Crippen molar-refractivity contribution in [2.24, 2.45) is 0 Å². The normalized spacial score (nSPS) is 10.0. The Morgan fingerprint density at radius 3 is 3.00 bits per heavy atom. The third-order valence-electron chi connectivity index (χ3n) is 0.989. The summed E-state index contributed by atoms with van der Waals surface area (Å²) >= 11 is 3.17. The van der Waals surface area contributed by atoms with Crippen LogP contribution in [0.1, 0.15) is 19.2 Å². The molecule has 0 atom stereocenters. The zero-order chi connectivity index (χ0) is 6.69. The van der Waals surface area contributed by atoms with E-state index in [9.17, 15) is 0 Å². The lowest BCUT2D eigenvalue weighted by Gasteiger charge is -1.85. The largest absolute Gasteiger partial charge is 0.434 e. The smallest absolute Gasteiger partial charge is 0.195 e. The molecule has 1 rings (SSSR count). The lowest BCUT2D eigenvalue weighted by atomic mass is 10.3. The van der Waals surface area contributed by atoms with Crippen LogP contribution in [0, 0.1) is 0 Å². The lowest BCUT2D eigenvalue weighted by molar-refractivity contribution is 0.472. The third-order valence-corrected chi connectivity index (χ3v) is 1.36. The summed E-state index contributed by atoms with van der Waals surface area (Å²) in [5.41, 5.74) is 0. The first-order valence-corrected chi connectivity index (χ1v) is 3.72. The van der Waals surface area contributed by atoms with Gasteiger partial charge >= 0.3 is 0 Å². The molecule has 0 fully saturated rings. The molecule has 50 valence electrons. The summed E-state index contributed by atoms with van der Waals surface area (Å²) in [5.74, 6) is 0.810. The van der Waals surface area contributed by atoms with E-state index < -0.39 is 0 Å². The molecule has 0 aliphatic rings. The molecular weight excluding hydrogens is 182 g/mol. The first kappa shape index (κ1) is 6.81. The molecular formula is C6H8BrNO. The van der Waals surface area contributed by atoms with Gasteiger partial charge in [0.2, 0.25) is 0 Å². The van der Waals surface area contributed by atoms with Crippen molar-refractivity contribution in [2.75, 3.05) is 0 Å². The minimum absolute atomic E-state index is 0.714. The minimum atomic E-state index is 0.714. The Balaban J connectivity index is 2.61. The summed E-state index contributed by atoms with van der Waals surface area (Å²) in [6, 6.07) is 0. The number of halogens is 1. The quantitative estimate of drug-likeness (QED) is 0.715. The van der Waals surface area contributed by atoms with Crippen molar-refractivity contribution in [3.05, 3.63) is 16.8 Å². The summed E-state index contributed by atoms with van der Waals surface area (Å²) < 4.78 is 5.84. The molecule has 0 aromatic carbocycles. The lowest BCUT2D eigenvalue weighted by Crippen LogP contribution is -1.79. The van der Waals surface area contributed by atoms with Crippen LogP contribution in [0.4, 0.5) is 0 Å². The highest BCUT2D eigenvalue weighted by Gasteiger charge is 1.97. The van der Waals surface area contributed by atoms with Crippen LogP contribution in [-0.2, 0) is 6.42 Å². The molecule has 0 aliphatic heterocycles. The van der Waals surface area contributed by atoms with Crippen molar-refractivity contribution in [2.45, 2.75) is 19.8 Å². The van der Waals surface area contributed by atoms with E-state index in [4.69, 9.17) is 4.42 Å². The molecule has 0 spiro atoms. The van der Waals surface area contributed by atoms with E-state index >= 15 is 0 Å². The fourth-order valence-corrected chi connectivity index (χ4v) is 0.907. The van der Waals surface area contributed by atoms with Crippen LogP contribution in [0.25, 0.3) is 0 Å². The van der Waals surface area contributed by atoms with Gasteiger partial charge in [0.25, 0.3) is 0 Å². The van der Waals surface area contributed by atoms with Gasteiger partial charge in [0.15, 0.2) is 10.6 Å². The van der Waals surface area contributed by atoms with E-state index in [1.54, 1.807) is 6.20 Å². The maximum absolute atomic E-state index is 5.13. The molecule has 0 N–H and O–H groups in total. The van der Waals surface area contributed by atoms with Gasteiger partial charge in [-0.2, -0.15) is 0 Å². The van der Waals surface area contributed by atoms with E-state index in [1.807, 2.05) is 0 Å². The number of aryl methyl sites for hydroxylation is 1. The van der Waals surface area contributed by atoms with Crippen LogP contribution in [0.5, 0.6) is 0 Å². The number of nitrogens with zero attached hydrogens (tertiary/aromatic N) is 1. The Morgan fingerprint density at radius 1 is 1.78 bits per heavy atom. The van der Waals surface area contributed by atoms with Crippen LogP contribution in [0.2, 0.25) is 0 Å². The average Bonchev–Trinajstić information content (AvgIpc) is 2.17. The van der Waals surface area contributed by atoms with Gasteiger partial charge in [0.05, 0.1) is 6.20 Å². The van der Waals surface area contributed by atoms with Gasteiger partial charge in [0, 0.05) is 6.42 Å². The van der Waals surface area contributed by atoms with E-state index in [1.165, 1.54) is 0 Å². The molecule has 3 heteroatoms. The Morgan fingerprint density at radius 2 is 2.56 bits per heavy atom. The van der Waals surface area contributed by atoms with Crippen LogP contribution in [-0.4, -0.2) is 4.98 Å². The zero-order valence-electron chi connectivity index (χ0n) is 5.22. The van der Waals surface area contributed by atoms with Gasteiger partial charge in [-0.15, -0.1) is 0 Å². The van der Waals surface area contributed by atoms with Crippen LogP contribution < -0.4 is 0 Å². The van der Waals surface area contributed by atoms with Gasteiger partial charge in [-0.25, -0.2) is 4.98 Å². The maximum atomic E-state index is 5.13. The molecule has 1 heterocycles. The van der Waals surface area contributed by atoms with Crippen LogP contribution >= 0.6 is 15.9 Å². The zero-order valence-corrected chi connectivity index (χ0v) is 6.81. The third kappa shape index (κ3) is 1.82. The molecule has 1 aromatic rings. The van der Waals surface area contributed by atoms with Crippen molar-refractivity contribution < 1.29 is 4.42 Å². The van der Waals surface area contributed by atoms with Gasteiger partial charge in [-0.1, -0.05) is 6.92 Å². The molecule has 0 bridgehead atoms. The second-order valence-electron chi connectivity index (χ2n) is 1.81. The predicted octanol–water partition coefficient (Wildman–Crippen LogP) is 2.39. The van der Waals surface area contributed by atoms with Gasteiger partial charge in [-0.3, -0.25) is 0 Å². The Hall–Kier alpha value is -0.310. The molecule has 9 heavy (non-hydrogen) atoms. The number of hydrogen-bond donors (Lipinski definition) is 0. The Labute approximate surface area is 62.4 Å². The second-order valence-corrected chi connectivity index (χ2v) is 2.59. The Bertz CT molecular complexity index is 185. The second kappa shape index (κ2) is 3.01. The van der Waals surface area contributed by atoms with Crippen molar-refractivity contribution in [3.63, 3.8) is 0 Å². The first-order chi connectivity index (χ1) is 4.33. The SMILES string of the molecule is CCCc1ncc(Br)o1. The molecule has 0 unspecified atom stereocenters. The summed E-state index contributed by atoms with van der Waals surface area (Å²) in [6.45, 7) is 2.10. The maximum Gasteiger partial charge on any atom is 0.195 e. The predicted molar refractivity (Wildman–Crippen MR) is 38.2 cm³/mol. The van der Waals surface area contributed by atoms with E-state index in [0.29, 0.717) is 4.67 Å². The van der Waals surface area contributed by atoms with Crippen molar-refractivity contribution in [3.8, 4) is 0 Å². The number of oxazole rings is 1. The summed E-state index contributed by atoms with van der Waals surface area (Å²) in [7, 11) is 0. The highest BCUT2D eigenvalue weighted by Crippen LogP contribution is 2.11. The van der Waals surface area contributed by atoms with E-state index in [0.717, 1.165) is 18.7 Å². The summed E-state index contributed by atoms with van der Waals surface area (Å²) in [4.78, 5) is 3.99. The summed E-state index contributed by atoms with van der Waals surface area (Å²) in [6.07, 6.45) is 3.67. The standard InChI is InChI=1S/C6H8BrNO/c1-2-3-6-8-4-5(7)9-6/h4H,2-3H2,1H3. The number of hydrogen-bond acceptors (Lipinski definition) is 2. The van der Waals surface area contributed by atoms with Gasteiger partial charge in [0.1, 0.15) is 0 Å². The molecule has 0 saturated heterocycles. The Kier molecular flexibility index (Phi) is 2.28. The van der Waals surface area contributed by atoms with Gasteiger partial charge in [-0.05, 0) is 22.4 Å². The highest BCUT2D eigenvalue weighted by atomic mass is 79.9. The topological polar surface area (TPSA) is 26.0 Å². The van der Waals surface area contributed by atoms with Crippen molar-refractivity contribution >= 4 is 15.9 Å². The molecule has 2 nitrogen and oxygen atoms in total. The first-order valence-electron chi connectivity index (χ1n) is 2.93. The molecule has 0 saturated carbocycles. The van der Waals surface area contributed by atoms with Crippen molar-refractivity contribution in [1.82, 2.24) is 4.98 Å².